The van der Waals surface area contributed by atoms with E-state index in [1.54, 1.807) is 29.1 Å². The molecule has 0 bridgehead atoms. The molecule has 1 aromatic heterocycles. The summed E-state index contributed by atoms with van der Waals surface area (Å²) in [7, 11) is 0. The molecule has 3 aromatic rings. The zero-order chi connectivity index (χ0) is 16.9. The first kappa shape index (κ1) is 17.3. The van der Waals surface area contributed by atoms with Gasteiger partial charge in [-0.2, -0.15) is 9.78 Å². The molecule has 0 aliphatic rings. The average Bonchev–Trinajstić information content (AvgIpc) is 3.01. The second kappa shape index (κ2) is 8.03. The monoisotopic (exact) mass is 396 g/mol. The van der Waals surface area contributed by atoms with Gasteiger partial charge in [-0.05, 0) is 23.8 Å². The van der Waals surface area contributed by atoms with Crippen LogP contribution in [-0.4, -0.2) is 21.1 Å². The van der Waals surface area contributed by atoms with Crippen molar-refractivity contribution in [2.24, 2.45) is 5.10 Å². The third-order valence-electron chi connectivity index (χ3n) is 3.13. The van der Waals surface area contributed by atoms with Crippen molar-refractivity contribution in [2.45, 2.75) is 10.9 Å². The van der Waals surface area contributed by atoms with Crippen LogP contribution in [0.4, 0.5) is 0 Å². The SMILES string of the molecule is Clc1ccccc1CSc1nncn1/N=C/c1c(Cl)cccc1Cl. The van der Waals surface area contributed by atoms with Crippen LogP contribution in [0.3, 0.4) is 0 Å². The lowest BCUT2D eigenvalue weighted by Crippen LogP contribution is -1.94. The molecule has 0 amide bonds. The number of thioether (sulfide) groups is 1. The number of hydrogen-bond donors (Lipinski definition) is 0. The van der Waals surface area contributed by atoms with Crippen LogP contribution < -0.4 is 0 Å². The molecular weight excluding hydrogens is 387 g/mol. The van der Waals surface area contributed by atoms with Crippen LogP contribution in [0.1, 0.15) is 11.1 Å². The highest BCUT2D eigenvalue weighted by Gasteiger charge is 2.07. The Labute approximate surface area is 158 Å². The van der Waals surface area contributed by atoms with Crippen molar-refractivity contribution in [1.82, 2.24) is 14.9 Å². The normalized spacial score (nSPS) is 11.3. The summed E-state index contributed by atoms with van der Waals surface area (Å²) in [5, 5.41) is 14.7. The highest BCUT2D eigenvalue weighted by molar-refractivity contribution is 7.98. The topological polar surface area (TPSA) is 43.1 Å². The Morgan fingerprint density at radius 2 is 1.71 bits per heavy atom. The van der Waals surface area contributed by atoms with Gasteiger partial charge in [0.25, 0.3) is 0 Å². The van der Waals surface area contributed by atoms with Gasteiger partial charge in [-0.3, -0.25) is 0 Å². The molecule has 0 aliphatic carbocycles. The van der Waals surface area contributed by atoms with Gasteiger partial charge in [-0.15, -0.1) is 10.2 Å². The molecule has 8 heteroatoms. The van der Waals surface area contributed by atoms with E-state index in [9.17, 15) is 0 Å². The minimum atomic E-state index is 0.532. The Balaban J connectivity index is 1.76. The molecule has 0 fully saturated rings. The van der Waals surface area contributed by atoms with Gasteiger partial charge in [0.05, 0.1) is 16.3 Å². The lowest BCUT2D eigenvalue weighted by molar-refractivity contribution is 0.767. The molecule has 2 aromatic carbocycles. The number of halogens is 3. The number of rotatable bonds is 5. The maximum Gasteiger partial charge on any atom is 0.212 e. The van der Waals surface area contributed by atoms with Gasteiger partial charge in [0, 0.05) is 16.3 Å². The van der Waals surface area contributed by atoms with Gasteiger partial charge in [0.15, 0.2) is 0 Å². The van der Waals surface area contributed by atoms with Crippen molar-refractivity contribution in [3.8, 4) is 0 Å². The lowest BCUT2D eigenvalue weighted by atomic mass is 10.2. The Bertz CT molecular complexity index is 859. The van der Waals surface area contributed by atoms with Gasteiger partial charge in [0.2, 0.25) is 5.16 Å². The van der Waals surface area contributed by atoms with E-state index in [0.717, 1.165) is 10.6 Å². The first-order chi connectivity index (χ1) is 11.6. The fourth-order valence-electron chi connectivity index (χ4n) is 1.91. The molecule has 3 rings (SSSR count). The third-order valence-corrected chi connectivity index (χ3v) is 5.14. The van der Waals surface area contributed by atoms with Crippen molar-refractivity contribution in [2.75, 3.05) is 0 Å². The number of aromatic nitrogens is 3. The summed E-state index contributed by atoms with van der Waals surface area (Å²) in [6.45, 7) is 0. The van der Waals surface area contributed by atoms with Gasteiger partial charge in [-0.25, -0.2) is 0 Å². The van der Waals surface area contributed by atoms with E-state index in [-0.39, 0.29) is 0 Å². The molecule has 122 valence electrons. The number of hydrogen-bond acceptors (Lipinski definition) is 4. The van der Waals surface area contributed by atoms with Crippen LogP contribution in [0.2, 0.25) is 15.1 Å². The predicted octanol–water partition coefficient (Wildman–Crippen LogP) is 5.41. The van der Waals surface area contributed by atoms with Crippen LogP contribution in [0.15, 0.2) is 59.0 Å². The van der Waals surface area contributed by atoms with Crippen LogP contribution in [-0.2, 0) is 5.75 Å². The second-order valence-corrected chi connectivity index (χ2v) is 6.88. The van der Waals surface area contributed by atoms with E-state index in [1.807, 2.05) is 24.3 Å². The summed E-state index contributed by atoms with van der Waals surface area (Å²) in [5.74, 6) is 0.667. The van der Waals surface area contributed by atoms with Gasteiger partial charge >= 0.3 is 0 Å². The molecule has 1 heterocycles. The van der Waals surface area contributed by atoms with E-state index in [1.165, 1.54) is 18.1 Å². The molecule has 24 heavy (non-hydrogen) atoms. The first-order valence-corrected chi connectivity index (χ1v) is 9.01. The lowest BCUT2D eigenvalue weighted by Gasteiger charge is -2.04. The fourth-order valence-corrected chi connectivity index (χ4v) is 3.55. The molecule has 0 atom stereocenters. The fraction of sp³-hybridized carbons (Fsp3) is 0.0625. The highest BCUT2D eigenvalue weighted by Crippen LogP contribution is 2.26. The van der Waals surface area contributed by atoms with Crippen LogP contribution in [0.25, 0.3) is 0 Å². The van der Waals surface area contributed by atoms with Gasteiger partial charge < -0.3 is 0 Å². The van der Waals surface area contributed by atoms with E-state index >= 15 is 0 Å². The average molecular weight is 398 g/mol. The quantitative estimate of drug-likeness (QED) is 0.427. The Hall–Kier alpha value is -1.53. The zero-order valence-electron chi connectivity index (χ0n) is 12.2. The zero-order valence-corrected chi connectivity index (χ0v) is 15.3. The maximum atomic E-state index is 6.17. The Kier molecular flexibility index (Phi) is 5.79. The molecule has 4 nitrogen and oxygen atoms in total. The van der Waals surface area contributed by atoms with Crippen molar-refractivity contribution in [1.29, 1.82) is 0 Å². The van der Waals surface area contributed by atoms with Crippen LogP contribution in [0.5, 0.6) is 0 Å². The van der Waals surface area contributed by atoms with E-state index in [0.29, 0.717) is 26.5 Å². The summed E-state index contributed by atoms with van der Waals surface area (Å²) in [4.78, 5) is 0. The number of nitrogens with zero attached hydrogens (tertiary/aromatic N) is 4. The molecule has 0 N–H and O–H groups in total. The second-order valence-electron chi connectivity index (χ2n) is 4.72. The van der Waals surface area contributed by atoms with E-state index in [2.05, 4.69) is 15.3 Å². The smallest absolute Gasteiger partial charge is 0.195 e. The summed E-state index contributed by atoms with van der Waals surface area (Å²) < 4.78 is 1.57. The summed E-state index contributed by atoms with van der Waals surface area (Å²) in [5.41, 5.74) is 1.67. The van der Waals surface area contributed by atoms with Crippen LogP contribution >= 0.6 is 46.6 Å². The molecule has 0 spiro atoms. The summed E-state index contributed by atoms with van der Waals surface area (Å²) in [6, 6.07) is 13.0. The van der Waals surface area contributed by atoms with Crippen molar-refractivity contribution in [3.63, 3.8) is 0 Å². The predicted molar refractivity (Wildman–Crippen MR) is 100 cm³/mol. The molecule has 0 saturated heterocycles. The van der Waals surface area contributed by atoms with Crippen molar-refractivity contribution >= 4 is 52.8 Å². The molecule has 0 aliphatic heterocycles. The summed E-state index contributed by atoms with van der Waals surface area (Å²) in [6.07, 6.45) is 3.11. The number of benzene rings is 2. The summed E-state index contributed by atoms with van der Waals surface area (Å²) >= 11 is 19.9. The molecule has 0 unspecified atom stereocenters. The largest absolute Gasteiger partial charge is 0.212 e. The third kappa shape index (κ3) is 4.11. The minimum Gasteiger partial charge on any atom is -0.195 e. The van der Waals surface area contributed by atoms with Crippen molar-refractivity contribution in [3.05, 3.63) is 75.0 Å². The minimum absolute atomic E-state index is 0.532. The standard InChI is InChI=1S/C16H11Cl3N4S/c17-13-5-2-1-4-11(13)9-24-16-22-20-10-23(16)21-8-12-14(18)6-3-7-15(12)19/h1-8,10H,9H2/b21-8+. The van der Waals surface area contributed by atoms with Crippen molar-refractivity contribution < 1.29 is 0 Å². The van der Waals surface area contributed by atoms with Gasteiger partial charge in [-0.1, -0.05) is 70.8 Å². The first-order valence-electron chi connectivity index (χ1n) is 6.90. The van der Waals surface area contributed by atoms with E-state index in [4.69, 9.17) is 34.8 Å². The van der Waals surface area contributed by atoms with Gasteiger partial charge in [0.1, 0.15) is 6.33 Å². The van der Waals surface area contributed by atoms with Crippen LogP contribution in [0, 0.1) is 0 Å². The Morgan fingerprint density at radius 3 is 2.46 bits per heavy atom. The molecular formula is C16H11Cl3N4S. The van der Waals surface area contributed by atoms with E-state index < -0.39 is 0 Å². The Morgan fingerprint density at radius 1 is 1.00 bits per heavy atom. The molecule has 0 radical (unpaired) electrons. The molecule has 0 saturated carbocycles. The highest BCUT2D eigenvalue weighted by atomic mass is 35.5. The maximum absolute atomic E-state index is 6.17.